The molecule has 0 N–H and O–H groups in total. The van der Waals surface area contributed by atoms with Crippen LogP contribution in [0, 0.1) is 11.8 Å². The van der Waals surface area contributed by atoms with E-state index in [1.165, 1.54) is 7.05 Å². The van der Waals surface area contributed by atoms with E-state index in [2.05, 4.69) is 9.47 Å². The highest BCUT2D eigenvalue weighted by molar-refractivity contribution is 5.93. The maximum absolute atomic E-state index is 15.8. The number of ether oxygens (including phenoxy) is 8. The monoisotopic (exact) mass is 1360 g/mol. The normalized spacial score (nSPS) is 14.7. The van der Waals surface area contributed by atoms with Gasteiger partial charge in [0, 0.05) is 53.9 Å². The molecule has 8 atom stereocenters. The fraction of sp³-hybridized carbons (Fsp3) is 0.591. The summed E-state index contributed by atoms with van der Waals surface area (Å²) < 4.78 is 152. The zero-order valence-electron chi connectivity index (χ0n) is 56.5. The first-order valence-electron chi connectivity index (χ1n) is 30.4. The van der Waals surface area contributed by atoms with Crippen LogP contribution in [0.25, 0.3) is 0 Å². The summed E-state index contributed by atoms with van der Waals surface area (Å²) in [6.45, 7) is 17.8. The molecule has 0 saturated heterocycles. The Morgan fingerprint density at radius 2 is 0.758 bits per heavy atom. The summed E-state index contributed by atoms with van der Waals surface area (Å²) in [4.78, 5) is 131. The van der Waals surface area contributed by atoms with E-state index in [1.807, 2.05) is 0 Å². The number of hydrogen-bond donors (Lipinski definition) is 0. The Kier molecular flexibility index (Phi) is 29.3. The smallest absolute Gasteiger partial charge is 0.458 e. The maximum atomic E-state index is 15.8. The number of halogens is 8. The van der Waals surface area contributed by atoms with Crippen LogP contribution >= 0.6 is 0 Å². The standard InChI is InChI=1S/C66H88F8N4O17/c1-38(2)31-47(56(82)89-40(5)53(79)77(16)50(36-64(12,13)68)59(85)92-52(60(86)88-37-44-21-19-18-20-22-44)34-43-25-29-46(30-26-43)94-66(72,73)74)75(14)55(81)51(33-42-23-27-45(28-24-42)93-65(69,70)71)91-58(84)49(35-63(10,11)67)76(15)54(80)41(6)90-57(83)48(32-39(3)4)78(17)61(87)95-62(7,8)9/h18-30,38-41,47-52H,31-37H2,1-17H3/t40-,41-,47-,48+,49+,50+,51-,52-/m1/s1. The third-order valence-electron chi connectivity index (χ3n) is 14.1. The molecule has 0 aliphatic heterocycles. The van der Waals surface area contributed by atoms with Crippen LogP contribution in [0.4, 0.5) is 39.9 Å². The first kappa shape index (κ1) is 81.0. The summed E-state index contributed by atoms with van der Waals surface area (Å²) in [6, 6.07) is 9.73. The second-order valence-electron chi connectivity index (χ2n) is 26.0. The minimum Gasteiger partial charge on any atom is -0.458 e. The Morgan fingerprint density at radius 1 is 0.411 bits per heavy atom. The van der Waals surface area contributed by atoms with E-state index in [1.54, 1.807) is 78.8 Å². The molecule has 0 aliphatic rings. The lowest BCUT2D eigenvalue weighted by atomic mass is 9.98. The second kappa shape index (κ2) is 34.4. The molecule has 3 rings (SSSR count). The molecule has 0 saturated carbocycles. The van der Waals surface area contributed by atoms with Gasteiger partial charge in [0.05, 0.1) is 0 Å². The number of rotatable bonds is 32. The molecule has 21 nitrogen and oxygen atoms in total. The number of alkyl halides is 8. The van der Waals surface area contributed by atoms with Gasteiger partial charge >= 0.3 is 48.7 Å². The molecule has 0 unspecified atom stereocenters. The first-order valence-corrected chi connectivity index (χ1v) is 30.4. The zero-order chi connectivity index (χ0) is 72.5. The lowest BCUT2D eigenvalue weighted by molar-refractivity contribution is -0.275. The molecule has 530 valence electrons. The highest BCUT2D eigenvalue weighted by Gasteiger charge is 2.44. The molecule has 0 aromatic heterocycles. The van der Waals surface area contributed by atoms with E-state index >= 15 is 8.78 Å². The predicted molar refractivity (Wildman–Crippen MR) is 327 cm³/mol. The van der Waals surface area contributed by atoms with Crippen molar-refractivity contribution in [2.75, 3.05) is 28.2 Å². The average molecular weight is 1360 g/mol. The topological polar surface area (TPSA) is 240 Å². The summed E-state index contributed by atoms with van der Waals surface area (Å²) in [6.07, 6.45) is -21.4. The first-order chi connectivity index (χ1) is 43.5. The van der Waals surface area contributed by atoms with Gasteiger partial charge in [0.2, 0.25) is 6.10 Å². The molecule has 3 aromatic carbocycles. The third kappa shape index (κ3) is 28.3. The quantitative estimate of drug-likeness (QED) is 0.0321. The fourth-order valence-corrected chi connectivity index (χ4v) is 9.42. The van der Waals surface area contributed by atoms with E-state index < -0.39 is 175 Å². The van der Waals surface area contributed by atoms with Crippen molar-refractivity contribution in [1.82, 2.24) is 19.6 Å². The van der Waals surface area contributed by atoms with E-state index in [4.69, 9.17) is 28.4 Å². The summed E-state index contributed by atoms with van der Waals surface area (Å²) in [5.74, 6) is -11.6. The lowest BCUT2D eigenvalue weighted by Gasteiger charge is -2.35. The van der Waals surface area contributed by atoms with E-state index in [-0.39, 0.29) is 36.5 Å². The Bertz CT molecular complexity index is 3060. The Labute approximate surface area is 548 Å². The van der Waals surface area contributed by atoms with Crippen LogP contribution in [0.15, 0.2) is 78.9 Å². The van der Waals surface area contributed by atoms with Crippen molar-refractivity contribution in [3.63, 3.8) is 0 Å². The summed E-state index contributed by atoms with van der Waals surface area (Å²) in [7, 11) is 4.51. The minimum atomic E-state index is -5.11. The van der Waals surface area contributed by atoms with Crippen molar-refractivity contribution < 1.29 is 116 Å². The number of nitrogens with zero attached hydrogens (tertiary/aromatic N) is 4. The molecule has 3 aromatic rings. The molecular formula is C66H88F8N4O17. The van der Waals surface area contributed by atoms with Crippen molar-refractivity contribution in [2.24, 2.45) is 11.8 Å². The lowest BCUT2D eigenvalue weighted by Crippen LogP contribution is -2.54. The van der Waals surface area contributed by atoms with E-state index in [0.29, 0.717) is 10.5 Å². The van der Waals surface area contributed by atoms with Crippen LogP contribution in [-0.2, 0) is 86.2 Å². The number of carbonyl (C=O) groups excluding carboxylic acids is 9. The second-order valence-corrected chi connectivity index (χ2v) is 26.0. The van der Waals surface area contributed by atoms with Gasteiger partial charge in [-0.2, -0.15) is 0 Å². The summed E-state index contributed by atoms with van der Waals surface area (Å²) in [5, 5.41) is 0. The molecule has 0 heterocycles. The van der Waals surface area contributed by atoms with Crippen LogP contribution in [0.5, 0.6) is 11.5 Å². The van der Waals surface area contributed by atoms with Gasteiger partial charge in [-0.25, -0.2) is 37.5 Å². The van der Waals surface area contributed by atoms with Crippen molar-refractivity contribution in [3.05, 3.63) is 95.6 Å². The summed E-state index contributed by atoms with van der Waals surface area (Å²) >= 11 is 0. The largest absolute Gasteiger partial charge is 0.573 e. The van der Waals surface area contributed by atoms with Gasteiger partial charge in [-0.15, -0.1) is 26.3 Å². The van der Waals surface area contributed by atoms with Crippen molar-refractivity contribution in [1.29, 1.82) is 0 Å². The molecular weight excluding hydrogens is 1270 g/mol. The van der Waals surface area contributed by atoms with Crippen LogP contribution in [-0.4, -0.2) is 180 Å². The molecule has 95 heavy (non-hydrogen) atoms. The van der Waals surface area contributed by atoms with Gasteiger partial charge in [-0.05, 0) is 128 Å². The molecule has 4 amide bonds. The molecule has 0 spiro atoms. The highest BCUT2D eigenvalue weighted by atomic mass is 19.4. The summed E-state index contributed by atoms with van der Waals surface area (Å²) in [5.41, 5.74) is -4.77. The van der Waals surface area contributed by atoms with Crippen LogP contribution in [0.1, 0.15) is 132 Å². The Balaban J connectivity index is 2.03. The van der Waals surface area contributed by atoms with Gasteiger partial charge in [0.1, 0.15) is 59.2 Å². The molecule has 0 bridgehead atoms. The van der Waals surface area contributed by atoms with E-state index in [0.717, 1.165) is 126 Å². The van der Waals surface area contributed by atoms with Gasteiger partial charge in [-0.3, -0.25) is 19.3 Å². The predicted octanol–water partition coefficient (Wildman–Crippen LogP) is 10.8. The molecule has 0 fully saturated rings. The molecule has 0 radical (unpaired) electrons. The zero-order valence-corrected chi connectivity index (χ0v) is 56.5. The number of benzene rings is 3. The van der Waals surface area contributed by atoms with Gasteiger partial charge in [-0.1, -0.05) is 82.3 Å². The van der Waals surface area contributed by atoms with Gasteiger partial charge in [0.25, 0.3) is 17.7 Å². The fourth-order valence-electron chi connectivity index (χ4n) is 9.42. The number of amides is 4. The SMILES string of the molecule is CC(C)C[C@H](C(=O)O[C@H](C)C(=O)N(C)[C@@H](CC(C)(C)F)C(=O)O[C@H](Cc1ccc(OC(F)(F)F)cc1)C(=O)OCc1ccccc1)N(C)C(=O)[C@@H](Cc1ccc(OC(F)(F)F)cc1)OC(=O)[C@H](CC(C)(C)F)N(C)C(=O)[C@@H](C)OC(=O)[C@H](CC(C)C)N(C)C(=O)OC(C)(C)C. The minimum absolute atomic E-state index is 0.0394. The van der Waals surface area contributed by atoms with E-state index in [9.17, 15) is 69.5 Å². The average Bonchev–Trinajstić information content (AvgIpc) is 0.837. The molecule has 29 heteroatoms. The van der Waals surface area contributed by atoms with Gasteiger partial charge < -0.3 is 52.6 Å². The van der Waals surface area contributed by atoms with Crippen LogP contribution < -0.4 is 9.47 Å². The number of likely N-dealkylation sites (N-methyl/N-ethyl adjacent to an activating group) is 4. The van der Waals surface area contributed by atoms with Gasteiger partial charge in [0.15, 0.2) is 18.3 Å². The van der Waals surface area contributed by atoms with Crippen molar-refractivity contribution in [2.45, 2.75) is 213 Å². The van der Waals surface area contributed by atoms with Crippen molar-refractivity contribution in [3.8, 4) is 11.5 Å². The highest BCUT2D eigenvalue weighted by Crippen LogP contribution is 2.29. The maximum Gasteiger partial charge on any atom is 0.573 e. The third-order valence-corrected chi connectivity index (χ3v) is 14.1. The Morgan fingerprint density at radius 3 is 1.12 bits per heavy atom. The number of hydrogen-bond acceptors (Lipinski definition) is 17. The number of carbonyl (C=O) groups is 9. The Hall–Kier alpha value is -8.27. The van der Waals surface area contributed by atoms with Crippen LogP contribution in [0.2, 0.25) is 0 Å². The van der Waals surface area contributed by atoms with Crippen LogP contribution in [0.3, 0.4) is 0 Å². The molecule has 0 aliphatic carbocycles. The van der Waals surface area contributed by atoms with Crippen molar-refractivity contribution >= 4 is 53.7 Å². The number of esters is 5.